The first-order chi connectivity index (χ1) is 18.7. The molecule has 15 heteroatoms. The van der Waals surface area contributed by atoms with Crippen LogP contribution in [0.5, 0.6) is 11.5 Å². The van der Waals surface area contributed by atoms with Crippen molar-refractivity contribution in [2.24, 2.45) is 17.2 Å². The molecule has 0 aromatic heterocycles. The van der Waals surface area contributed by atoms with E-state index < -0.39 is 48.2 Å². The van der Waals surface area contributed by atoms with Gasteiger partial charge in [0.2, 0.25) is 30.4 Å². The molecule has 14 nitrogen and oxygen atoms in total. The number of primary amides is 1. The second-order valence-corrected chi connectivity index (χ2v) is 9.15. The number of fused-ring (bicyclic) bond motifs is 1. The Hall–Kier alpha value is -3.56. The van der Waals surface area contributed by atoms with Gasteiger partial charge < -0.3 is 47.9 Å². The highest BCUT2D eigenvalue weighted by atomic mass is 32.1. The van der Waals surface area contributed by atoms with Crippen LogP contribution in [-0.2, 0) is 19.2 Å². The van der Waals surface area contributed by atoms with E-state index in [1.165, 1.54) is 18.2 Å². The minimum Gasteiger partial charge on any atom is -0.454 e. The number of amides is 5. The minimum absolute atomic E-state index is 0.0174. The molecule has 0 bridgehead atoms. The fraction of sp³-hybridized carbons (Fsp3) is 0.542. The Morgan fingerprint density at radius 2 is 1.51 bits per heavy atom. The highest BCUT2D eigenvalue weighted by molar-refractivity contribution is 7.80. The maximum absolute atomic E-state index is 13.0. The monoisotopic (exact) mass is 567 g/mol. The Bertz CT molecular complexity index is 1030. The molecule has 39 heavy (non-hydrogen) atoms. The molecule has 10 N–H and O–H groups in total. The van der Waals surface area contributed by atoms with Crippen molar-refractivity contribution in [1.29, 1.82) is 0 Å². The van der Waals surface area contributed by atoms with Crippen LogP contribution in [0.15, 0.2) is 18.2 Å². The highest BCUT2D eigenvalue weighted by Gasteiger charge is 2.30. The van der Waals surface area contributed by atoms with Gasteiger partial charge in [0.15, 0.2) is 11.5 Å². The minimum atomic E-state index is -1.38. The molecule has 1 aromatic rings. The predicted octanol–water partition coefficient (Wildman–Crippen LogP) is -2.12. The Morgan fingerprint density at radius 1 is 0.846 bits per heavy atom. The third-order valence-corrected chi connectivity index (χ3v) is 6.10. The number of nitrogens with one attached hydrogen (secondary N) is 4. The number of hydrogen-bond donors (Lipinski definition) is 8. The Balaban J connectivity index is 2.07. The molecule has 0 spiro atoms. The third-order valence-electron chi connectivity index (χ3n) is 5.74. The number of hydrogen-bond acceptors (Lipinski definition) is 10. The molecule has 0 radical (unpaired) electrons. The Kier molecular flexibility index (Phi) is 13.3. The molecule has 0 unspecified atom stereocenters. The maximum Gasteiger partial charge on any atom is 0.252 e. The zero-order valence-electron chi connectivity index (χ0n) is 21.6. The number of benzene rings is 1. The van der Waals surface area contributed by atoms with Crippen molar-refractivity contribution in [2.75, 3.05) is 32.2 Å². The van der Waals surface area contributed by atoms with Gasteiger partial charge in [0.1, 0.15) is 18.1 Å². The van der Waals surface area contributed by atoms with E-state index in [9.17, 15) is 24.0 Å². The van der Waals surface area contributed by atoms with E-state index in [1.807, 2.05) is 0 Å². The first-order valence-electron chi connectivity index (χ1n) is 12.6. The summed E-state index contributed by atoms with van der Waals surface area (Å²) in [5.41, 5.74) is 16.4. The van der Waals surface area contributed by atoms with Crippen LogP contribution >= 0.6 is 12.6 Å². The van der Waals surface area contributed by atoms with Crippen LogP contribution < -0.4 is 47.9 Å². The molecule has 5 amide bonds. The first kappa shape index (κ1) is 31.7. The summed E-state index contributed by atoms with van der Waals surface area (Å²) in [5.74, 6) is -2.69. The normalized spacial score (nSPS) is 14.0. The molecule has 0 saturated heterocycles. The molecule has 1 heterocycles. The van der Waals surface area contributed by atoms with Gasteiger partial charge in [-0.25, -0.2) is 0 Å². The number of thiol groups is 1. The fourth-order valence-electron chi connectivity index (χ4n) is 3.63. The van der Waals surface area contributed by atoms with Gasteiger partial charge in [0.05, 0.1) is 6.42 Å². The zero-order chi connectivity index (χ0) is 28.8. The van der Waals surface area contributed by atoms with Crippen LogP contribution in [-0.4, -0.2) is 79.8 Å². The van der Waals surface area contributed by atoms with Gasteiger partial charge in [-0.1, -0.05) is 0 Å². The summed E-state index contributed by atoms with van der Waals surface area (Å²) in [5, 5.41) is 10.3. The van der Waals surface area contributed by atoms with Crippen LogP contribution in [0.2, 0.25) is 0 Å². The van der Waals surface area contributed by atoms with Crippen molar-refractivity contribution in [1.82, 2.24) is 21.3 Å². The summed E-state index contributed by atoms with van der Waals surface area (Å²) in [7, 11) is 0. The van der Waals surface area contributed by atoms with Crippen molar-refractivity contribution in [3.05, 3.63) is 23.8 Å². The highest BCUT2D eigenvalue weighted by Crippen LogP contribution is 2.32. The molecule has 0 fully saturated rings. The summed E-state index contributed by atoms with van der Waals surface area (Å²) in [6.45, 7) is 1.20. The average Bonchev–Trinajstić information content (AvgIpc) is 3.38. The summed E-state index contributed by atoms with van der Waals surface area (Å²) in [6.07, 6.45) is 1.64. The van der Waals surface area contributed by atoms with Crippen molar-refractivity contribution in [2.45, 2.75) is 50.2 Å². The van der Waals surface area contributed by atoms with Gasteiger partial charge in [-0.05, 0) is 57.0 Å². The lowest BCUT2D eigenvalue weighted by atomic mass is 10.1. The van der Waals surface area contributed by atoms with Crippen LogP contribution in [0.4, 0.5) is 0 Å². The van der Waals surface area contributed by atoms with Crippen molar-refractivity contribution in [3.63, 3.8) is 0 Å². The number of ether oxygens (including phenoxy) is 2. The second-order valence-electron chi connectivity index (χ2n) is 8.79. The van der Waals surface area contributed by atoms with E-state index in [4.69, 9.17) is 26.7 Å². The summed E-state index contributed by atoms with van der Waals surface area (Å²) < 4.78 is 10.5. The second kappa shape index (κ2) is 16.4. The molecular formula is C24H37N7O7S. The van der Waals surface area contributed by atoms with E-state index in [-0.39, 0.29) is 24.0 Å². The average molecular weight is 568 g/mol. The molecule has 2 rings (SSSR count). The zero-order valence-corrected chi connectivity index (χ0v) is 22.5. The number of nitrogens with two attached hydrogens (primary N) is 3. The van der Waals surface area contributed by atoms with Gasteiger partial charge in [0.25, 0.3) is 5.91 Å². The smallest absolute Gasteiger partial charge is 0.252 e. The molecular weight excluding hydrogens is 530 g/mol. The van der Waals surface area contributed by atoms with E-state index in [0.717, 1.165) is 0 Å². The molecule has 1 aromatic carbocycles. The van der Waals surface area contributed by atoms with Gasteiger partial charge in [-0.15, -0.1) is 0 Å². The quantitative estimate of drug-likeness (QED) is 0.0759. The van der Waals surface area contributed by atoms with Gasteiger partial charge >= 0.3 is 0 Å². The van der Waals surface area contributed by atoms with E-state index in [0.29, 0.717) is 56.8 Å². The standard InChI is InChI=1S/C24H37N7O7S/c25-7-2-1-4-15(22(34)28-9-3-8-26)29-24(36)17(12-39)31-23(35)16(11-20(27)32)30-21(33)14-5-6-18-19(10-14)38-13-37-18/h5-6,10,15-17,39H,1-4,7-9,11-13,25-26H2,(H2,27,32)(H,28,34)(H,29,36)(H,30,33)(H,31,35)/t15-,16-,17-/m0/s1. The lowest BCUT2D eigenvalue weighted by molar-refractivity contribution is -0.132. The lowest BCUT2D eigenvalue weighted by Crippen LogP contribution is -2.57. The van der Waals surface area contributed by atoms with Crippen LogP contribution in [0, 0.1) is 0 Å². The van der Waals surface area contributed by atoms with Crippen molar-refractivity contribution >= 4 is 42.2 Å². The Labute approximate surface area is 231 Å². The van der Waals surface area contributed by atoms with Gasteiger partial charge in [0, 0.05) is 17.9 Å². The summed E-state index contributed by atoms with van der Waals surface area (Å²) >= 11 is 4.15. The van der Waals surface area contributed by atoms with Crippen molar-refractivity contribution < 1.29 is 33.4 Å². The Morgan fingerprint density at radius 3 is 2.18 bits per heavy atom. The summed E-state index contributed by atoms with van der Waals surface area (Å²) in [6, 6.07) is 1.02. The van der Waals surface area contributed by atoms with E-state index in [2.05, 4.69) is 33.9 Å². The number of carbonyl (C=O) groups excluding carboxylic acids is 5. The number of carbonyl (C=O) groups is 5. The molecule has 0 aliphatic carbocycles. The lowest BCUT2D eigenvalue weighted by Gasteiger charge is -2.24. The number of rotatable bonds is 17. The molecule has 3 atom stereocenters. The molecule has 0 saturated carbocycles. The first-order valence-corrected chi connectivity index (χ1v) is 13.2. The van der Waals surface area contributed by atoms with Crippen molar-refractivity contribution in [3.8, 4) is 11.5 Å². The molecule has 216 valence electrons. The predicted molar refractivity (Wildman–Crippen MR) is 145 cm³/mol. The largest absolute Gasteiger partial charge is 0.454 e. The van der Waals surface area contributed by atoms with Crippen LogP contribution in [0.3, 0.4) is 0 Å². The maximum atomic E-state index is 13.0. The van der Waals surface area contributed by atoms with E-state index in [1.54, 1.807) is 0 Å². The van der Waals surface area contributed by atoms with Crippen LogP contribution in [0.25, 0.3) is 0 Å². The summed E-state index contributed by atoms with van der Waals surface area (Å²) in [4.78, 5) is 63.0. The molecule has 1 aliphatic heterocycles. The van der Waals surface area contributed by atoms with E-state index >= 15 is 0 Å². The SMILES string of the molecule is NCCCC[C@H](NC(=O)[C@H](CS)NC(=O)[C@H](CC(N)=O)NC(=O)c1ccc2c(c1)OCO2)C(=O)NCCCN. The van der Waals surface area contributed by atoms with Gasteiger partial charge in [-0.2, -0.15) is 12.6 Å². The third kappa shape index (κ3) is 10.3. The van der Waals surface area contributed by atoms with Gasteiger partial charge in [-0.3, -0.25) is 24.0 Å². The number of unbranched alkanes of at least 4 members (excludes halogenated alkanes) is 1. The van der Waals surface area contributed by atoms with Crippen LogP contribution in [0.1, 0.15) is 42.5 Å². The molecule has 1 aliphatic rings. The topological polar surface area (TPSA) is 230 Å². The fourth-order valence-corrected chi connectivity index (χ4v) is 3.88.